The van der Waals surface area contributed by atoms with Crippen molar-refractivity contribution in [1.29, 1.82) is 0 Å². The van der Waals surface area contributed by atoms with Crippen LogP contribution < -0.4 is 10.1 Å². The van der Waals surface area contributed by atoms with Crippen LogP contribution in [-0.2, 0) is 27.9 Å². The van der Waals surface area contributed by atoms with Crippen LogP contribution >= 0.6 is 0 Å². The second-order valence-electron chi connectivity index (χ2n) is 4.95. The Morgan fingerprint density at radius 1 is 1.22 bits per heavy atom. The first kappa shape index (κ1) is 17.1. The Morgan fingerprint density at radius 2 is 2.00 bits per heavy atom. The number of methoxy groups -OCH3 is 1. The summed E-state index contributed by atoms with van der Waals surface area (Å²) in [6, 6.07) is 13.4. The van der Waals surface area contributed by atoms with Gasteiger partial charge >= 0.3 is 0 Å². The van der Waals surface area contributed by atoms with E-state index in [0.29, 0.717) is 11.3 Å². The van der Waals surface area contributed by atoms with Crippen LogP contribution in [0.4, 0.5) is 4.39 Å². The van der Waals surface area contributed by atoms with E-state index in [1.165, 1.54) is 6.07 Å². The first-order valence-electron chi connectivity index (χ1n) is 7.06. The van der Waals surface area contributed by atoms with Crippen LogP contribution in [0.15, 0.2) is 48.5 Å². The number of nitrogens with one attached hydrogen (secondary N) is 1. The first-order valence-corrected chi connectivity index (χ1v) is 8.55. The molecule has 0 saturated carbocycles. The van der Waals surface area contributed by atoms with Crippen LogP contribution in [0.5, 0.6) is 5.75 Å². The molecular formula is C17H18FNO3S. The molecule has 1 amide bonds. The van der Waals surface area contributed by atoms with E-state index in [-0.39, 0.29) is 29.8 Å². The largest absolute Gasteiger partial charge is 0.497 e. The summed E-state index contributed by atoms with van der Waals surface area (Å²) in [5.41, 5.74) is 1.24. The van der Waals surface area contributed by atoms with Gasteiger partial charge in [0.1, 0.15) is 17.3 Å². The fraction of sp³-hybridized carbons (Fsp3) is 0.235. The smallest absolute Gasteiger partial charge is 0.232 e. The molecule has 1 atom stereocenters. The average molecular weight is 335 g/mol. The molecule has 4 nitrogen and oxygen atoms in total. The molecule has 0 heterocycles. The Balaban J connectivity index is 1.82. The number of benzene rings is 2. The summed E-state index contributed by atoms with van der Waals surface area (Å²) >= 11 is 0. The third kappa shape index (κ3) is 5.49. The zero-order valence-corrected chi connectivity index (χ0v) is 13.6. The van der Waals surface area contributed by atoms with E-state index in [1.54, 1.807) is 37.4 Å². The Kier molecular flexibility index (Phi) is 6.29. The van der Waals surface area contributed by atoms with Crippen molar-refractivity contribution in [3.05, 3.63) is 65.5 Å². The number of carbonyl (C=O) groups is 1. The van der Waals surface area contributed by atoms with Crippen LogP contribution in [0, 0.1) is 5.82 Å². The van der Waals surface area contributed by atoms with E-state index in [4.69, 9.17) is 4.74 Å². The molecule has 0 aliphatic carbocycles. The standard InChI is InChI=1S/C17H18FNO3S/c1-22-15-7-4-5-13(9-15)11-23(21)12-17(20)19-10-14-6-2-3-8-16(14)18/h2-9H,10-12H2,1H3,(H,19,20)/t23-/m0/s1. The number of hydrogen-bond acceptors (Lipinski definition) is 3. The van der Waals surface area contributed by atoms with Crippen LogP contribution in [0.25, 0.3) is 0 Å². The summed E-state index contributed by atoms with van der Waals surface area (Å²) in [6.07, 6.45) is 0. The normalized spacial score (nSPS) is 11.7. The van der Waals surface area contributed by atoms with E-state index >= 15 is 0 Å². The fourth-order valence-electron chi connectivity index (χ4n) is 2.03. The summed E-state index contributed by atoms with van der Waals surface area (Å²) in [5.74, 6) is 0.0963. The number of halogens is 1. The molecule has 2 rings (SSSR count). The highest BCUT2D eigenvalue weighted by atomic mass is 32.2. The maximum atomic E-state index is 13.4. The zero-order valence-electron chi connectivity index (χ0n) is 12.8. The minimum absolute atomic E-state index is 0.0852. The lowest BCUT2D eigenvalue weighted by Gasteiger charge is -2.07. The molecule has 2 aromatic carbocycles. The Bertz CT molecular complexity index is 706. The summed E-state index contributed by atoms with van der Waals surface area (Å²) in [4.78, 5) is 11.8. The van der Waals surface area contributed by atoms with Gasteiger partial charge in [0.05, 0.1) is 7.11 Å². The van der Waals surface area contributed by atoms with Gasteiger partial charge in [-0.05, 0) is 23.8 Å². The average Bonchev–Trinajstić information content (AvgIpc) is 2.54. The zero-order chi connectivity index (χ0) is 16.7. The second-order valence-corrected chi connectivity index (χ2v) is 6.41. The van der Waals surface area contributed by atoms with Crippen molar-refractivity contribution >= 4 is 16.7 Å². The highest BCUT2D eigenvalue weighted by molar-refractivity contribution is 7.84. The molecule has 0 aliphatic heterocycles. The van der Waals surface area contributed by atoms with Gasteiger partial charge in [0, 0.05) is 28.7 Å². The van der Waals surface area contributed by atoms with Gasteiger partial charge in [-0.3, -0.25) is 9.00 Å². The van der Waals surface area contributed by atoms with Gasteiger partial charge in [-0.2, -0.15) is 0 Å². The van der Waals surface area contributed by atoms with E-state index in [0.717, 1.165) is 5.56 Å². The number of hydrogen-bond donors (Lipinski definition) is 1. The molecule has 0 saturated heterocycles. The SMILES string of the molecule is COc1cccc(C[S@](=O)CC(=O)NCc2ccccc2F)c1. The first-order chi connectivity index (χ1) is 11.1. The van der Waals surface area contributed by atoms with Gasteiger partial charge in [0.25, 0.3) is 0 Å². The Labute approximate surface area is 137 Å². The van der Waals surface area contributed by atoms with Crippen molar-refractivity contribution in [3.63, 3.8) is 0 Å². The number of rotatable bonds is 7. The van der Waals surface area contributed by atoms with Crippen LogP contribution in [0.3, 0.4) is 0 Å². The minimum atomic E-state index is -1.34. The maximum absolute atomic E-state index is 13.4. The number of carbonyl (C=O) groups excluding carboxylic acids is 1. The summed E-state index contributed by atoms with van der Waals surface area (Å²) < 4.78 is 30.6. The van der Waals surface area contributed by atoms with Crippen molar-refractivity contribution in [3.8, 4) is 5.75 Å². The van der Waals surface area contributed by atoms with Crippen LogP contribution in [0.1, 0.15) is 11.1 Å². The minimum Gasteiger partial charge on any atom is -0.497 e. The lowest BCUT2D eigenvalue weighted by molar-refractivity contribution is -0.118. The van der Waals surface area contributed by atoms with Crippen molar-refractivity contribution in [2.75, 3.05) is 12.9 Å². The molecule has 2 aromatic rings. The predicted octanol–water partition coefficient (Wildman–Crippen LogP) is 2.40. The molecule has 0 spiro atoms. The van der Waals surface area contributed by atoms with E-state index < -0.39 is 10.8 Å². The molecule has 122 valence electrons. The van der Waals surface area contributed by atoms with Crippen molar-refractivity contribution in [2.24, 2.45) is 0 Å². The molecule has 0 fully saturated rings. The lowest BCUT2D eigenvalue weighted by Crippen LogP contribution is -2.28. The number of amides is 1. The van der Waals surface area contributed by atoms with Crippen molar-refractivity contribution in [2.45, 2.75) is 12.3 Å². The Morgan fingerprint density at radius 3 is 2.74 bits per heavy atom. The molecule has 6 heteroatoms. The van der Waals surface area contributed by atoms with E-state index in [1.807, 2.05) is 12.1 Å². The molecule has 0 radical (unpaired) electrons. The Hall–Kier alpha value is -2.21. The van der Waals surface area contributed by atoms with Gasteiger partial charge in [-0.15, -0.1) is 0 Å². The number of ether oxygens (including phenoxy) is 1. The topological polar surface area (TPSA) is 55.4 Å². The van der Waals surface area contributed by atoms with Gasteiger partial charge < -0.3 is 10.1 Å². The van der Waals surface area contributed by atoms with Crippen LogP contribution in [-0.4, -0.2) is 23.0 Å². The van der Waals surface area contributed by atoms with Gasteiger partial charge in [0.15, 0.2) is 0 Å². The molecular weight excluding hydrogens is 317 g/mol. The molecule has 0 aromatic heterocycles. The summed E-state index contributed by atoms with van der Waals surface area (Å²) in [5, 5.41) is 2.58. The lowest BCUT2D eigenvalue weighted by atomic mass is 10.2. The molecule has 1 N–H and O–H groups in total. The van der Waals surface area contributed by atoms with E-state index in [9.17, 15) is 13.4 Å². The van der Waals surface area contributed by atoms with E-state index in [2.05, 4.69) is 5.32 Å². The highest BCUT2D eigenvalue weighted by Crippen LogP contribution is 2.14. The molecule has 0 aliphatic rings. The maximum Gasteiger partial charge on any atom is 0.232 e. The monoisotopic (exact) mass is 335 g/mol. The van der Waals surface area contributed by atoms with Crippen LogP contribution in [0.2, 0.25) is 0 Å². The summed E-state index contributed by atoms with van der Waals surface area (Å²) in [7, 11) is 0.226. The fourth-order valence-corrected chi connectivity index (χ4v) is 3.08. The summed E-state index contributed by atoms with van der Waals surface area (Å²) in [6.45, 7) is 0.0852. The molecule has 0 bridgehead atoms. The van der Waals surface area contributed by atoms with Gasteiger partial charge in [-0.1, -0.05) is 30.3 Å². The van der Waals surface area contributed by atoms with Crippen molar-refractivity contribution < 1.29 is 18.1 Å². The molecule has 0 unspecified atom stereocenters. The highest BCUT2D eigenvalue weighted by Gasteiger charge is 2.10. The predicted molar refractivity (Wildman–Crippen MR) is 88.0 cm³/mol. The third-order valence-corrected chi connectivity index (χ3v) is 4.43. The van der Waals surface area contributed by atoms with Gasteiger partial charge in [0.2, 0.25) is 5.91 Å². The van der Waals surface area contributed by atoms with Crippen molar-refractivity contribution in [1.82, 2.24) is 5.32 Å². The quantitative estimate of drug-likeness (QED) is 0.845. The molecule has 23 heavy (non-hydrogen) atoms. The second kappa shape index (κ2) is 8.43. The third-order valence-electron chi connectivity index (χ3n) is 3.19. The van der Waals surface area contributed by atoms with Gasteiger partial charge in [-0.25, -0.2) is 4.39 Å².